The zero-order valence-corrected chi connectivity index (χ0v) is 11.7. The van der Waals surface area contributed by atoms with E-state index in [2.05, 4.69) is 0 Å². The summed E-state index contributed by atoms with van der Waals surface area (Å²) in [4.78, 5) is -0.440. The van der Waals surface area contributed by atoms with Gasteiger partial charge in [0.25, 0.3) is 0 Å². The molecule has 1 aliphatic heterocycles. The Balaban J connectivity index is 2.38. The first kappa shape index (κ1) is 15.8. The molecule has 0 N–H and O–H groups in total. The van der Waals surface area contributed by atoms with Gasteiger partial charge >= 0.3 is 6.18 Å². The molecule has 0 unspecified atom stereocenters. The molecule has 1 saturated heterocycles. The maximum atomic E-state index is 12.8. The third-order valence-electron chi connectivity index (χ3n) is 3.21. The van der Waals surface area contributed by atoms with Crippen molar-refractivity contribution in [3.05, 3.63) is 29.3 Å². The predicted molar refractivity (Wildman–Crippen MR) is 67.2 cm³/mol. The lowest BCUT2D eigenvalue weighted by Gasteiger charge is -2.13. The molecule has 0 radical (unpaired) electrons. The first-order valence-electron chi connectivity index (χ1n) is 6.20. The van der Waals surface area contributed by atoms with Crippen LogP contribution >= 0.6 is 0 Å². The number of sulfone groups is 1. The molecule has 0 bridgehead atoms. The van der Waals surface area contributed by atoms with Crippen molar-refractivity contribution in [3.8, 4) is 6.07 Å². The highest BCUT2D eigenvalue weighted by Gasteiger charge is 2.35. The van der Waals surface area contributed by atoms with Crippen LogP contribution in [0, 0.1) is 11.3 Å². The van der Waals surface area contributed by atoms with Gasteiger partial charge in [-0.1, -0.05) is 0 Å². The first-order valence-corrected chi connectivity index (χ1v) is 7.85. The van der Waals surface area contributed by atoms with E-state index in [0.717, 1.165) is 18.6 Å². The summed E-state index contributed by atoms with van der Waals surface area (Å²) in [7, 11) is -3.89. The second-order valence-corrected chi connectivity index (χ2v) is 6.77. The van der Waals surface area contributed by atoms with Gasteiger partial charge in [0.15, 0.2) is 9.84 Å². The molecule has 21 heavy (non-hydrogen) atoms. The molecule has 0 aliphatic carbocycles. The average molecular weight is 319 g/mol. The summed E-state index contributed by atoms with van der Waals surface area (Å²) in [6.07, 6.45) is -3.95. The highest BCUT2D eigenvalue weighted by Crippen LogP contribution is 2.33. The van der Waals surface area contributed by atoms with Crippen LogP contribution in [-0.2, 0) is 20.8 Å². The number of hydrogen-bond acceptors (Lipinski definition) is 4. The quantitative estimate of drug-likeness (QED) is 0.858. The van der Waals surface area contributed by atoms with E-state index in [1.54, 1.807) is 0 Å². The predicted octanol–water partition coefficient (Wildman–Crippen LogP) is 2.53. The average Bonchev–Trinajstić information content (AvgIpc) is 2.89. The van der Waals surface area contributed by atoms with Gasteiger partial charge in [0.05, 0.1) is 33.9 Å². The largest absolute Gasteiger partial charge is 0.417 e. The van der Waals surface area contributed by atoms with Crippen LogP contribution in [-0.4, -0.2) is 26.9 Å². The second kappa shape index (κ2) is 5.66. The highest BCUT2D eigenvalue weighted by atomic mass is 32.2. The molecule has 0 saturated carbocycles. The number of benzene rings is 1. The van der Waals surface area contributed by atoms with Gasteiger partial charge in [0.2, 0.25) is 0 Å². The van der Waals surface area contributed by atoms with Crippen molar-refractivity contribution in [2.75, 3.05) is 12.4 Å². The maximum Gasteiger partial charge on any atom is 0.417 e. The smallest absolute Gasteiger partial charge is 0.377 e. The zero-order valence-electron chi connectivity index (χ0n) is 10.9. The van der Waals surface area contributed by atoms with Crippen LogP contribution in [0.5, 0.6) is 0 Å². The molecule has 1 aromatic carbocycles. The number of nitriles is 1. The van der Waals surface area contributed by atoms with E-state index in [9.17, 15) is 21.6 Å². The standard InChI is InChI=1S/C13H12F3NO3S/c14-13(15,16)12-6-11(4-3-9(12)7-17)21(18,19)8-10-2-1-5-20-10/h3-4,6,10H,1-2,5,8H2/t10-/m1/s1. The van der Waals surface area contributed by atoms with Crippen LogP contribution in [0.1, 0.15) is 24.0 Å². The molecule has 1 heterocycles. The lowest BCUT2D eigenvalue weighted by atomic mass is 10.1. The Bertz CT molecular complexity index is 671. The molecule has 0 amide bonds. The van der Waals surface area contributed by atoms with Gasteiger partial charge in [0, 0.05) is 6.61 Å². The molecule has 1 aromatic rings. The molecule has 1 atom stereocenters. The number of alkyl halides is 3. The van der Waals surface area contributed by atoms with Crippen molar-refractivity contribution >= 4 is 9.84 Å². The Morgan fingerprint density at radius 1 is 1.38 bits per heavy atom. The third-order valence-corrected chi connectivity index (χ3v) is 4.99. The van der Waals surface area contributed by atoms with Gasteiger partial charge in [-0.2, -0.15) is 18.4 Å². The van der Waals surface area contributed by atoms with Crippen molar-refractivity contribution in [2.24, 2.45) is 0 Å². The fraction of sp³-hybridized carbons (Fsp3) is 0.462. The van der Waals surface area contributed by atoms with Gasteiger partial charge in [-0.25, -0.2) is 8.42 Å². The summed E-state index contributed by atoms with van der Waals surface area (Å²) in [5.74, 6) is -0.351. The summed E-state index contributed by atoms with van der Waals surface area (Å²) < 4.78 is 68.0. The molecule has 8 heteroatoms. The van der Waals surface area contributed by atoms with E-state index in [1.807, 2.05) is 0 Å². The first-order chi connectivity index (χ1) is 9.74. The van der Waals surface area contributed by atoms with Crippen LogP contribution in [0.25, 0.3) is 0 Å². The maximum absolute atomic E-state index is 12.8. The topological polar surface area (TPSA) is 67.2 Å². The van der Waals surface area contributed by atoms with Gasteiger partial charge in [-0.3, -0.25) is 0 Å². The molecular formula is C13H12F3NO3S. The number of rotatable bonds is 3. The van der Waals surface area contributed by atoms with Crippen molar-refractivity contribution in [3.63, 3.8) is 0 Å². The monoisotopic (exact) mass is 319 g/mol. The number of halogens is 3. The summed E-state index contributed by atoms with van der Waals surface area (Å²) >= 11 is 0. The fourth-order valence-corrected chi connectivity index (χ4v) is 3.68. The Labute approximate surface area is 120 Å². The lowest BCUT2D eigenvalue weighted by molar-refractivity contribution is -0.137. The van der Waals surface area contributed by atoms with Crippen molar-refractivity contribution in [2.45, 2.75) is 30.0 Å². The van der Waals surface area contributed by atoms with Crippen LogP contribution < -0.4 is 0 Å². The van der Waals surface area contributed by atoms with Crippen molar-refractivity contribution in [1.82, 2.24) is 0 Å². The summed E-state index contributed by atoms with van der Waals surface area (Å²) in [5, 5.41) is 8.69. The summed E-state index contributed by atoms with van der Waals surface area (Å²) in [6, 6.07) is 3.84. The highest BCUT2D eigenvalue weighted by molar-refractivity contribution is 7.91. The van der Waals surface area contributed by atoms with Gasteiger partial charge in [-0.05, 0) is 31.0 Å². The Morgan fingerprint density at radius 3 is 2.62 bits per heavy atom. The number of hydrogen-bond donors (Lipinski definition) is 0. The zero-order chi connectivity index (χ0) is 15.7. The Kier molecular flexibility index (Phi) is 4.25. The van der Waals surface area contributed by atoms with Gasteiger partial charge in [0.1, 0.15) is 0 Å². The van der Waals surface area contributed by atoms with Crippen LogP contribution in [0.4, 0.5) is 13.2 Å². The SMILES string of the molecule is N#Cc1ccc(S(=O)(=O)C[C@H]2CCCO2)cc1C(F)(F)F. The number of ether oxygens (including phenoxy) is 1. The van der Waals surface area contributed by atoms with Gasteiger partial charge in [-0.15, -0.1) is 0 Å². The molecule has 0 aromatic heterocycles. The number of nitrogens with zero attached hydrogens (tertiary/aromatic N) is 1. The molecule has 1 fully saturated rings. The second-order valence-electron chi connectivity index (χ2n) is 4.73. The molecule has 114 valence electrons. The van der Waals surface area contributed by atoms with Crippen LogP contribution in [0.15, 0.2) is 23.1 Å². The van der Waals surface area contributed by atoms with E-state index >= 15 is 0 Å². The van der Waals surface area contributed by atoms with E-state index < -0.39 is 38.1 Å². The molecule has 1 aliphatic rings. The minimum Gasteiger partial charge on any atom is -0.377 e. The molecule has 0 spiro atoms. The van der Waals surface area contributed by atoms with Gasteiger partial charge < -0.3 is 4.74 Å². The Hall–Kier alpha value is -1.59. The summed E-state index contributed by atoms with van der Waals surface area (Å²) in [6.45, 7) is 0.460. The van der Waals surface area contributed by atoms with E-state index in [1.165, 1.54) is 6.07 Å². The molecule has 2 rings (SSSR count). The minimum absolute atomic E-state index is 0.351. The van der Waals surface area contributed by atoms with Crippen molar-refractivity contribution in [1.29, 1.82) is 5.26 Å². The summed E-state index contributed by atoms with van der Waals surface area (Å²) in [5.41, 5.74) is -1.84. The van der Waals surface area contributed by atoms with Crippen molar-refractivity contribution < 1.29 is 26.3 Å². The van der Waals surface area contributed by atoms with E-state index in [0.29, 0.717) is 19.1 Å². The molecular weight excluding hydrogens is 307 g/mol. The normalized spacial score (nSPS) is 19.4. The molecule has 4 nitrogen and oxygen atoms in total. The lowest BCUT2D eigenvalue weighted by Crippen LogP contribution is -2.21. The Morgan fingerprint density at radius 2 is 2.10 bits per heavy atom. The van der Waals surface area contributed by atoms with Crippen LogP contribution in [0.2, 0.25) is 0 Å². The van der Waals surface area contributed by atoms with Crippen LogP contribution in [0.3, 0.4) is 0 Å². The van der Waals surface area contributed by atoms with E-state index in [-0.39, 0.29) is 5.75 Å². The third kappa shape index (κ3) is 3.54. The minimum atomic E-state index is -4.78. The van der Waals surface area contributed by atoms with E-state index in [4.69, 9.17) is 10.00 Å². The fourth-order valence-electron chi connectivity index (χ4n) is 2.17.